The molecule has 0 atom stereocenters. The molecule has 0 unspecified atom stereocenters. The van der Waals surface area contributed by atoms with E-state index in [0.717, 1.165) is 16.5 Å². The van der Waals surface area contributed by atoms with Crippen molar-refractivity contribution in [1.29, 1.82) is 0 Å². The van der Waals surface area contributed by atoms with Gasteiger partial charge in [0.2, 0.25) is 5.88 Å². The number of hydrogen-bond acceptors (Lipinski definition) is 3. The van der Waals surface area contributed by atoms with E-state index in [1.807, 2.05) is 30.3 Å². The van der Waals surface area contributed by atoms with Gasteiger partial charge in [0.1, 0.15) is 6.61 Å². The van der Waals surface area contributed by atoms with Crippen LogP contribution < -0.4 is 10.5 Å². The van der Waals surface area contributed by atoms with E-state index in [2.05, 4.69) is 11.6 Å². The molecular formula is C13H14N2O. The van der Waals surface area contributed by atoms with Crippen molar-refractivity contribution in [1.82, 2.24) is 4.98 Å². The molecule has 1 heterocycles. The summed E-state index contributed by atoms with van der Waals surface area (Å²) in [5, 5.41) is 1.08. The van der Waals surface area contributed by atoms with Gasteiger partial charge in [0.25, 0.3) is 0 Å². The third kappa shape index (κ3) is 2.04. The van der Waals surface area contributed by atoms with Gasteiger partial charge in [-0.2, -0.15) is 0 Å². The molecule has 82 valence electrons. The number of ether oxygens (including phenoxy) is 1. The standard InChI is InChI=1S/C13H14N2O/c1-2-7-16-13-8-10(9-14)11-5-3-4-6-12(11)15-13/h2-6,8H,1,7,9,14H2. The molecule has 0 amide bonds. The molecule has 1 aromatic carbocycles. The maximum Gasteiger partial charge on any atom is 0.214 e. The summed E-state index contributed by atoms with van der Waals surface area (Å²) < 4.78 is 5.42. The lowest BCUT2D eigenvalue weighted by Gasteiger charge is -2.08. The first-order valence-corrected chi connectivity index (χ1v) is 5.17. The van der Waals surface area contributed by atoms with Gasteiger partial charge >= 0.3 is 0 Å². The summed E-state index contributed by atoms with van der Waals surface area (Å²) >= 11 is 0. The fourth-order valence-electron chi connectivity index (χ4n) is 1.61. The summed E-state index contributed by atoms with van der Waals surface area (Å²) in [7, 11) is 0. The molecule has 0 spiro atoms. The molecule has 16 heavy (non-hydrogen) atoms. The van der Waals surface area contributed by atoms with Crippen LogP contribution in [0.15, 0.2) is 43.0 Å². The molecule has 0 aliphatic carbocycles. The van der Waals surface area contributed by atoms with E-state index in [0.29, 0.717) is 19.0 Å². The largest absolute Gasteiger partial charge is 0.473 e. The summed E-state index contributed by atoms with van der Waals surface area (Å²) in [6, 6.07) is 9.78. The topological polar surface area (TPSA) is 48.1 Å². The molecule has 3 nitrogen and oxygen atoms in total. The number of fused-ring (bicyclic) bond motifs is 1. The Morgan fingerprint density at radius 1 is 1.38 bits per heavy atom. The number of hydrogen-bond donors (Lipinski definition) is 1. The molecule has 2 N–H and O–H groups in total. The van der Waals surface area contributed by atoms with Crippen molar-refractivity contribution in [2.24, 2.45) is 5.73 Å². The number of pyridine rings is 1. The van der Waals surface area contributed by atoms with Gasteiger partial charge in [-0.15, -0.1) is 0 Å². The molecule has 0 aliphatic rings. The normalized spacial score (nSPS) is 10.3. The minimum absolute atomic E-state index is 0.454. The highest BCUT2D eigenvalue weighted by Crippen LogP contribution is 2.21. The zero-order valence-electron chi connectivity index (χ0n) is 9.02. The maximum atomic E-state index is 5.71. The highest BCUT2D eigenvalue weighted by molar-refractivity contribution is 5.82. The summed E-state index contributed by atoms with van der Waals surface area (Å²) in [5.41, 5.74) is 7.66. The fourth-order valence-corrected chi connectivity index (χ4v) is 1.61. The Morgan fingerprint density at radius 3 is 2.94 bits per heavy atom. The number of aromatic nitrogens is 1. The first-order valence-electron chi connectivity index (χ1n) is 5.17. The Hall–Kier alpha value is -1.87. The monoisotopic (exact) mass is 214 g/mol. The van der Waals surface area contributed by atoms with Crippen LogP contribution in [-0.2, 0) is 6.54 Å². The summed E-state index contributed by atoms with van der Waals surface area (Å²) in [4.78, 5) is 4.40. The van der Waals surface area contributed by atoms with E-state index in [1.165, 1.54) is 0 Å². The van der Waals surface area contributed by atoms with E-state index in [9.17, 15) is 0 Å². The molecule has 0 bridgehead atoms. The van der Waals surface area contributed by atoms with Crippen LogP contribution in [0, 0.1) is 0 Å². The first-order chi connectivity index (χ1) is 7.85. The second-order valence-electron chi connectivity index (χ2n) is 3.44. The van der Waals surface area contributed by atoms with Gasteiger partial charge in [-0.05, 0) is 11.6 Å². The lowest BCUT2D eigenvalue weighted by Crippen LogP contribution is -2.01. The van der Waals surface area contributed by atoms with E-state index in [1.54, 1.807) is 6.08 Å². The summed E-state index contributed by atoms with van der Waals surface area (Å²) in [6.07, 6.45) is 1.69. The zero-order chi connectivity index (χ0) is 11.4. The van der Waals surface area contributed by atoms with Crippen molar-refractivity contribution < 1.29 is 4.74 Å². The van der Waals surface area contributed by atoms with Gasteiger partial charge in [0, 0.05) is 18.0 Å². The zero-order valence-corrected chi connectivity index (χ0v) is 9.02. The highest BCUT2D eigenvalue weighted by Gasteiger charge is 2.04. The lowest BCUT2D eigenvalue weighted by molar-refractivity contribution is 0.350. The molecule has 2 aromatic rings. The SMILES string of the molecule is C=CCOc1cc(CN)c2ccccc2n1. The second kappa shape index (κ2) is 4.77. The molecule has 0 radical (unpaired) electrons. The molecular weight excluding hydrogens is 200 g/mol. The number of benzene rings is 1. The van der Waals surface area contributed by atoms with Crippen molar-refractivity contribution in [3.05, 3.63) is 48.6 Å². The van der Waals surface area contributed by atoms with Crippen molar-refractivity contribution in [2.75, 3.05) is 6.61 Å². The van der Waals surface area contributed by atoms with Gasteiger partial charge < -0.3 is 10.5 Å². The third-order valence-electron chi connectivity index (χ3n) is 2.35. The Kier molecular flexibility index (Phi) is 3.17. The number of rotatable bonds is 4. The van der Waals surface area contributed by atoms with Crippen LogP contribution >= 0.6 is 0 Å². The minimum Gasteiger partial charge on any atom is -0.473 e. The van der Waals surface area contributed by atoms with E-state index >= 15 is 0 Å². The molecule has 0 saturated heterocycles. The first kappa shape index (κ1) is 10.6. The second-order valence-corrected chi connectivity index (χ2v) is 3.44. The van der Waals surface area contributed by atoms with Crippen LogP contribution in [0.2, 0.25) is 0 Å². The molecule has 2 rings (SSSR count). The van der Waals surface area contributed by atoms with Crippen molar-refractivity contribution in [2.45, 2.75) is 6.54 Å². The quantitative estimate of drug-likeness (QED) is 0.794. The van der Waals surface area contributed by atoms with Crippen molar-refractivity contribution >= 4 is 10.9 Å². The molecule has 3 heteroatoms. The number of nitrogens with zero attached hydrogens (tertiary/aromatic N) is 1. The summed E-state index contributed by atoms with van der Waals surface area (Å²) in [5.74, 6) is 0.596. The van der Waals surface area contributed by atoms with Gasteiger partial charge in [0.05, 0.1) is 5.52 Å². The van der Waals surface area contributed by atoms with Crippen LogP contribution in [0.1, 0.15) is 5.56 Å². The van der Waals surface area contributed by atoms with Crippen LogP contribution in [-0.4, -0.2) is 11.6 Å². The van der Waals surface area contributed by atoms with Gasteiger partial charge in [-0.25, -0.2) is 4.98 Å². The van der Waals surface area contributed by atoms with Gasteiger partial charge in [0.15, 0.2) is 0 Å². The van der Waals surface area contributed by atoms with Crippen molar-refractivity contribution in [3.63, 3.8) is 0 Å². The predicted octanol–water partition coefficient (Wildman–Crippen LogP) is 2.26. The van der Waals surface area contributed by atoms with E-state index in [4.69, 9.17) is 10.5 Å². The van der Waals surface area contributed by atoms with Gasteiger partial charge in [-0.3, -0.25) is 0 Å². The molecule has 0 saturated carbocycles. The summed E-state index contributed by atoms with van der Waals surface area (Å²) in [6.45, 7) is 4.54. The van der Waals surface area contributed by atoms with Gasteiger partial charge in [-0.1, -0.05) is 30.9 Å². The molecule has 0 fully saturated rings. The third-order valence-corrected chi connectivity index (χ3v) is 2.35. The lowest BCUT2D eigenvalue weighted by atomic mass is 10.1. The van der Waals surface area contributed by atoms with E-state index in [-0.39, 0.29) is 0 Å². The van der Waals surface area contributed by atoms with Crippen LogP contribution in [0.25, 0.3) is 10.9 Å². The smallest absolute Gasteiger partial charge is 0.214 e. The Morgan fingerprint density at radius 2 is 2.19 bits per heavy atom. The average Bonchev–Trinajstić information content (AvgIpc) is 2.35. The molecule has 1 aromatic heterocycles. The average molecular weight is 214 g/mol. The van der Waals surface area contributed by atoms with Crippen molar-refractivity contribution in [3.8, 4) is 5.88 Å². The predicted molar refractivity (Wildman–Crippen MR) is 65.3 cm³/mol. The van der Waals surface area contributed by atoms with Crippen LogP contribution in [0.4, 0.5) is 0 Å². The molecule has 0 aliphatic heterocycles. The Bertz CT molecular complexity index is 508. The van der Waals surface area contributed by atoms with Crippen LogP contribution in [0.5, 0.6) is 5.88 Å². The Labute approximate surface area is 94.6 Å². The van der Waals surface area contributed by atoms with E-state index < -0.39 is 0 Å². The van der Waals surface area contributed by atoms with Crippen LogP contribution in [0.3, 0.4) is 0 Å². The fraction of sp³-hybridized carbons (Fsp3) is 0.154. The number of para-hydroxylation sites is 1. The Balaban J connectivity index is 2.49. The highest BCUT2D eigenvalue weighted by atomic mass is 16.5. The maximum absolute atomic E-state index is 5.71. The number of nitrogens with two attached hydrogens (primary N) is 1. The minimum atomic E-state index is 0.454.